The molecule has 2 saturated heterocycles. The number of hydrogen-bond donors (Lipinski definition) is 0. The van der Waals surface area contributed by atoms with Crippen molar-refractivity contribution in [1.29, 1.82) is 0 Å². The third-order valence-corrected chi connectivity index (χ3v) is 9.72. The number of rotatable bonds is 0. The van der Waals surface area contributed by atoms with Crippen LogP contribution < -0.4 is 0 Å². The van der Waals surface area contributed by atoms with Crippen molar-refractivity contribution in [3.63, 3.8) is 0 Å². The van der Waals surface area contributed by atoms with Crippen molar-refractivity contribution in [2.45, 2.75) is 84.4 Å². The van der Waals surface area contributed by atoms with E-state index in [4.69, 9.17) is 14.2 Å². The first kappa shape index (κ1) is 18.0. The Balaban J connectivity index is 1.62. The van der Waals surface area contributed by atoms with Gasteiger partial charge in [-0.2, -0.15) is 0 Å². The normalized spacial score (nSPS) is 57.7. The highest BCUT2D eigenvalue weighted by atomic mass is 16.7. The lowest BCUT2D eigenvalue weighted by molar-refractivity contribution is -0.376. The van der Waals surface area contributed by atoms with E-state index in [1.54, 1.807) is 0 Å². The summed E-state index contributed by atoms with van der Waals surface area (Å²) in [4.78, 5) is 27.5. The predicted octanol–water partition coefficient (Wildman–Crippen LogP) is 3.14. The summed E-state index contributed by atoms with van der Waals surface area (Å²) in [5.41, 5.74) is -1.21. The van der Waals surface area contributed by atoms with Crippen LogP contribution in [0.25, 0.3) is 0 Å². The molecule has 6 rings (SSSR count). The molecule has 9 unspecified atom stereocenters. The van der Waals surface area contributed by atoms with E-state index in [9.17, 15) is 9.59 Å². The predicted molar refractivity (Wildman–Crippen MR) is 100 cm³/mol. The van der Waals surface area contributed by atoms with Gasteiger partial charge in [0.2, 0.25) is 0 Å². The van der Waals surface area contributed by atoms with E-state index in [0.29, 0.717) is 18.8 Å². The lowest BCUT2D eigenvalue weighted by Gasteiger charge is -2.66. The third-order valence-electron chi connectivity index (χ3n) is 9.72. The van der Waals surface area contributed by atoms with Crippen molar-refractivity contribution in [1.82, 2.24) is 0 Å². The van der Waals surface area contributed by atoms with Crippen LogP contribution >= 0.6 is 0 Å². The number of hydrogen-bond acceptors (Lipinski definition) is 5. The molecule has 154 valence electrons. The van der Waals surface area contributed by atoms with Gasteiger partial charge in [0.05, 0.1) is 35.7 Å². The molecule has 0 aromatic heterocycles. The van der Waals surface area contributed by atoms with Gasteiger partial charge in [-0.1, -0.05) is 20.8 Å². The van der Waals surface area contributed by atoms with Gasteiger partial charge >= 0.3 is 0 Å². The first-order valence-corrected chi connectivity index (χ1v) is 11.1. The summed E-state index contributed by atoms with van der Waals surface area (Å²) < 4.78 is 19.5. The highest BCUT2D eigenvalue weighted by Gasteiger charge is 2.83. The second-order valence-electron chi connectivity index (χ2n) is 11.6. The van der Waals surface area contributed by atoms with E-state index in [-0.39, 0.29) is 53.2 Å². The van der Waals surface area contributed by atoms with Crippen LogP contribution in [-0.4, -0.2) is 42.3 Å². The Morgan fingerprint density at radius 1 is 1.04 bits per heavy atom. The Bertz CT molecular complexity index is 786. The summed E-state index contributed by atoms with van der Waals surface area (Å²) in [6, 6.07) is 0. The molecule has 0 aromatic rings. The minimum absolute atomic E-state index is 0.0216. The molecular weight excluding hydrogens is 356 g/mol. The van der Waals surface area contributed by atoms with E-state index in [2.05, 4.69) is 20.8 Å². The second kappa shape index (κ2) is 4.92. The standard InChI is InChI=1S/C23H32O5/c1-11-12-8-13-17-22(10-26-13)14(20(2,3)7-6-15(22)24)9-16-23(17,18(11)25)19(12)28-21(4,5)27-16/h11-14,16-17,19H,6-10H2,1-5H3. The fourth-order valence-electron chi connectivity index (χ4n) is 8.76. The summed E-state index contributed by atoms with van der Waals surface area (Å²) in [6.45, 7) is 11.1. The molecule has 9 atom stereocenters. The third kappa shape index (κ3) is 1.70. The van der Waals surface area contributed by atoms with Gasteiger partial charge in [0, 0.05) is 18.3 Å². The Morgan fingerprint density at radius 3 is 2.54 bits per heavy atom. The zero-order valence-electron chi connectivity index (χ0n) is 17.6. The summed E-state index contributed by atoms with van der Waals surface area (Å²) >= 11 is 0. The first-order chi connectivity index (χ1) is 13.1. The van der Waals surface area contributed by atoms with Gasteiger partial charge < -0.3 is 14.2 Å². The Labute approximate surface area is 166 Å². The van der Waals surface area contributed by atoms with Crippen molar-refractivity contribution < 1.29 is 23.8 Å². The topological polar surface area (TPSA) is 61.8 Å². The second-order valence-corrected chi connectivity index (χ2v) is 11.6. The average molecular weight is 389 g/mol. The summed E-state index contributed by atoms with van der Waals surface area (Å²) in [6.07, 6.45) is 2.75. The van der Waals surface area contributed by atoms with Crippen LogP contribution in [0.15, 0.2) is 0 Å². The van der Waals surface area contributed by atoms with Crippen LogP contribution in [0.5, 0.6) is 0 Å². The highest BCUT2D eigenvalue weighted by Crippen LogP contribution is 2.75. The first-order valence-electron chi connectivity index (χ1n) is 11.1. The Morgan fingerprint density at radius 2 is 1.79 bits per heavy atom. The van der Waals surface area contributed by atoms with Crippen LogP contribution in [0.4, 0.5) is 0 Å². The largest absolute Gasteiger partial charge is 0.377 e. The van der Waals surface area contributed by atoms with Gasteiger partial charge in [-0.3, -0.25) is 9.59 Å². The number of Topliss-reactive ketones (excluding diaryl/α,β-unsaturated/α-hetero) is 2. The van der Waals surface area contributed by atoms with Crippen LogP contribution in [0.3, 0.4) is 0 Å². The maximum atomic E-state index is 13.9. The zero-order valence-corrected chi connectivity index (χ0v) is 17.6. The number of carbonyl (C=O) groups is 2. The fourth-order valence-corrected chi connectivity index (χ4v) is 8.76. The highest BCUT2D eigenvalue weighted by molar-refractivity contribution is 5.95. The molecule has 6 aliphatic rings. The minimum Gasteiger partial charge on any atom is -0.377 e. The molecule has 2 spiro atoms. The van der Waals surface area contributed by atoms with E-state index >= 15 is 0 Å². The van der Waals surface area contributed by atoms with Gasteiger partial charge in [-0.05, 0) is 50.4 Å². The maximum absolute atomic E-state index is 13.9. The number of ether oxygens (including phenoxy) is 3. The molecule has 0 radical (unpaired) electrons. The van der Waals surface area contributed by atoms with Crippen LogP contribution in [0, 0.1) is 39.9 Å². The summed E-state index contributed by atoms with van der Waals surface area (Å²) in [5, 5.41) is 0. The van der Waals surface area contributed by atoms with E-state index < -0.39 is 16.6 Å². The number of ketones is 2. The van der Waals surface area contributed by atoms with Gasteiger partial charge in [-0.15, -0.1) is 0 Å². The van der Waals surface area contributed by atoms with Crippen LogP contribution in [0.1, 0.15) is 60.3 Å². The monoisotopic (exact) mass is 388 g/mol. The summed E-state index contributed by atoms with van der Waals surface area (Å²) in [5.74, 6) is 0.113. The molecule has 2 aliphatic heterocycles. The lowest BCUT2D eigenvalue weighted by atomic mass is 9.39. The molecule has 5 heteroatoms. The Kier molecular flexibility index (Phi) is 3.17. The van der Waals surface area contributed by atoms with Crippen molar-refractivity contribution in [2.24, 2.45) is 39.9 Å². The molecule has 4 aliphatic carbocycles. The molecule has 2 bridgehead atoms. The lowest BCUT2D eigenvalue weighted by Crippen LogP contribution is -2.74. The van der Waals surface area contributed by atoms with Crippen LogP contribution in [0.2, 0.25) is 0 Å². The molecule has 5 nitrogen and oxygen atoms in total. The minimum atomic E-state index is -0.710. The fraction of sp³-hybridized carbons (Fsp3) is 0.913. The molecule has 2 heterocycles. The van der Waals surface area contributed by atoms with Crippen LogP contribution in [-0.2, 0) is 23.8 Å². The van der Waals surface area contributed by atoms with Gasteiger partial charge in [0.1, 0.15) is 11.6 Å². The number of carbonyl (C=O) groups excluding carboxylic acids is 2. The summed E-state index contributed by atoms with van der Waals surface area (Å²) in [7, 11) is 0. The molecular formula is C23H32O5. The van der Waals surface area contributed by atoms with Crippen molar-refractivity contribution in [2.75, 3.05) is 6.61 Å². The molecule has 4 saturated carbocycles. The van der Waals surface area contributed by atoms with E-state index in [0.717, 1.165) is 19.3 Å². The Hall–Kier alpha value is -0.780. The smallest absolute Gasteiger partial charge is 0.163 e. The molecule has 28 heavy (non-hydrogen) atoms. The quantitative estimate of drug-likeness (QED) is 0.638. The van der Waals surface area contributed by atoms with Gasteiger partial charge in [0.15, 0.2) is 5.79 Å². The zero-order chi connectivity index (χ0) is 19.9. The van der Waals surface area contributed by atoms with Gasteiger partial charge in [0.25, 0.3) is 0 Å². The van der Waals surface area contributed by atoms with E-state index in [1.165, 1.54) is 0 Å². The molecule has 0 N–H and O–H groups in total. The molecule has 0 aromatic carbocycles. The van der Waals surface area contributed by atoms with Crippen molar-refractivity contribution in [3.8, 4) is 0 Å². The van der Waals surface area contributed by atoms with Gasteiger partial charge in [-0.25, -0.2) is 0 Å². The van der Waals surface area contributed by atoms with E-state index in [1.807, 2.05) is 13.8 Å². The van der Waals surface area contributed by atoms with Crippen molar-refractivity contribution in [3.05, 3.63) is 0 Å². The average Bonchev–Trinajstić information content (AvgIpc) is 3.06. The molecule has 6 fully saturated rings. The van der Waals surface area contributed by atoms with Crippen molar-refractivity contribution >= 4 is 11.6 Å². The molecule has 0 amide bonds. The maximum Gasteiger partial charge on any atom is 0.163 e. The SMILES string of the molecule is CC1C(=O)C23C4CC5C(C)(C)CCC(=O)C56COC(CC1C2OC(C)(C)O4)C63.